The van der Waals surface area contributed by atoms with Crippen LogP contribution < -0.4 is 16.2 Å². The van der Waals surface area contributed by atoms with Crippen LogP contribution in [0.25, 0.3) is 0 Å². The molecule has 0 saturated heterocycles. The van der Waals surface area contributed by atoms with Crippen LogP contribution >= 0.6 is 10.0 Å². The van der Waals surface area contributed by atoms with Crippen LogP contribution in [0, 0.1) is 5.41 Å². The van der Waals surface area contributed by atoms with Gasteiger partial charge in [0.25, 0.3) is 10.5 Å². The Morgan fingerprint density at radius 1 is 1.17 bits per heavy atom. The van der Waals surface area contributed by atoms with E-state index in [1.54, 1.807) is 0 Å². The van der Waals surface area contributed by atoms with Gasteiger partial charge in [-0.2, -0.15) is 0 Å². The number of aromatic carboxylic acids is 1. The lowest BCUT2D eigenvalue weighted by Gasteiger charge is -2.33. The lowest BCUT2D eigenvalue weighted by molar-refractivity contribution is -0.135. The summed E-state index contributed by atoms with van der Waals surface area (Å²) in [6.45, 7) is 0. The van der Waals surface area contributed by atoms with Gasteiger partial charge in [-0.3, -0.25) is 14.4 Å². The molecule has 11 heteroatoms. The summed E-state index contributed by atoms with van der Waals surface area (Å²) in [6, 6.07) is 2.25. The lowest BCUT2D eigenvalue weighted by Crippen LogP contribution is -2.42. The summed E-state index contributed by atoms with van der Waals surface area (Å²) in [5.41, 5.74) is 9.18. The number of benzene rings is 1. The van der Waals surface area contributed by atoms with Crippen LogP contribution in [0.2, 0.25) is 0 Å². The van der Waals surface area contributed by atoms with Gasteiger partial charge in [0.2, 0.25) is 0 Å². The Morgan fingerprint density at radius 2 is 1.71 bits per heavy atom. The molecule has 0 radical (unpaired) electrons. The number of hydrogen-bond acceptors (Lipinski definition) is 6. The molecule has 1 aromatic carbocycles. The van der Waals surface area contributed by atoms with E-state index in [2.05, 4.69) is 0 Å². The highest BCUT2D eigenvalue weighted by Gasteiger charge is 2.60. The zero-order valence-corrected chi connectivity index (χ0v) is 13.0. The minimum atomic E-state index is -3.86. The molecule has 1 unspecified atom stereocenters. The molecule has 10 nitrogen and oxygen atoms in total. The Labute approximate surface area is 136 Å². The van der Waals surface area contributed by atoms with E-state index in [1.807, 2.05) is 0 Å². The molecule has 2 amide bonds. The molecule has 0 fully saturated rings. The molecule has 1 aliphatic heterocycles. The first-order chi connectivity index (χ1) is 11.1. The molecule has 1 aromatic rings. The first-order valence-corrected chi connectivity index (χ1v) is 7.99. The van der Waals surface area contributed by atoms with Crippen molar-refractivity contribution in [2.75, 3.05) is 7.11 Å². The molecule has 0 aromatic heterocycles. The number of aliphatic carboxylic acids is 1. The number of nitrogens with one attached hydrogen (secondary N) is 1. The molecule has 7 N–H and O–H groups in total. The lowest BCUT2D eigenvalue weighted by atomic mass is 10.0. The standard InChI is InChI=1S/C13H13N3O7S/c1-23-5-3-2-4(10(17)18)8-6(5)7(14)9(11(19)20)24(8,12(15)21)13(16)22/h2-3,9,14H,1H3,(H2,15,21)(H2,16,22)(H,17,18)(H,19,20). The van der Waals surface area contributed by atoms with E-state index in [0.717, 1.165) is 6.07 Å². The van der Waals surface area contributed by atoms with Crippen LogP contribution in [0.5, 0.6) is 5.75 Å². The monoisotopic (exact) mass is 355 g/mol. The number of primary amides is 2. The highest BCUT2D eigenvalue weighted by atomic mass is 32.3. The highest BCUT2D eigenvalue weighted by Crippen LogP contribution is 2.68. The smallest absolute Gasteiger partial charge is 0.336 e. The first-order valence-electron chi connectivity index (χ1n) is 6.29. The van der Waals surface area contributed by atoms with Crippen molar-refractivity contribution < 1.29 is 34.1 Å². The Bertz CT molecular complexity index is 806. The van der Waals surface area contributed by atoms with Gasteiger partial charge in [-0.25, -0.2) is 4.79 Å². The Kier molecular flexibility index (Phi) is 3.98. The van der Waals surface area contributed by atoms with Gasteiger partial charge in [0.15, 0.2) is 0 Å². The molecule has 128 valence electrons. The molecule has 1 heterocycles. The number of ether oxygens (including phenoxy) is 1. The Hall–Kier alpha value is -3.08. The number of fused-ring (bicyclic) bond motifs is 1. The summed E-state index contributed by atoms with van der Waals surface area (Å²) >= 11 is 0. The quantitative estimate of drug-likeness (QED) is 0.522. The normalized spacial score (nSPS) is 19.2. The predicted molar refractivity (Wildman–Crippen MR) is 83.2 cm³/mol. The van der Waals surface area contributed by atoms with Crippen LogP contribution in [0.3, 0.4) is 0 Å². The maximum Gasteiger partial charge on any atom is 0.336 e. The van der Waals surface area contributed by atoms with E-state index in [4.69, 9.17) is 21.6 Å². The summed E-state index contributed by atoms with van der Waals surface area (Å²) in [5, 5.41) is 22.2. The van der Waals surface area contributed by atoms with Gasteiger partial charge in [-0.15, -0.1) is 0 Å². The SMILES string of the molecule is COc1ccc(C(=O)O)c2c1C(=N)C(C(=O)O)S2(C(N)=O)C(N)=O. The number of rotatable bonds is 3. The van der Waals surface area contributed by atoms with Crippen molar-refractivity contribution in [2.45, 2.75) is 10.1 Å². The fourth-order valence-corrected chi connectivity index (χ4v) is 5.84. The van der Waals surface area contributed by atoms with Crippen molar-refractivity contribution in [2.24, 2.45) is 11.5 Å². The molecule has 0 bridgehead atoms. The van der Waals surface area contributed by atoms with Crippen molar-refractivity contribution in [3.05, 3.63) is 23.3 Å². The molecule has 0 saturated carbocycles. The molecule has 0 aliphatic carbocycles. The summed E-state index contributed by atoms with van der Waals surface area (Å²) in [5.74, 6) is -3.25. The molecule has 1 atom stereocenters. The second-order valence-corrected chi connectivity index (χ2v) is 7.76. The fourth-order valence-electron chi connectivity index (χ4n) is 2.73. The van der Waals surface area contributed by atoms with Crippen LogP contribution in [-0.2, 0) is 4.79 Å². The van der Waals surface area contributed by atoms with Crippen LogP contribution in [0.4, 0.5) is 9.59 Å². The molecule has 2 rings (SSSR count). The average Bonchev–Trinajstić information content (AvgIpc) is 2.77. The average molecular weight is 355 g/mol. The first kappa shape index (κ1) is 17.3. The van der Waals surface area contributed by atoms with Crippen LogP contribution in [0.1, 0.15) is 15.9 Å². The number of hydrogen-bond donors (Lipinski definition) is 5. The Balaban J connectivity index is 3.10. The van der Waals surface area contributed by atoms with E-state index < -0.39 is 53.9 Å². The zero-order chi connectivity index (χ0) is 18.4. The van der Waals surface area contributed by atoms with Crippen molar-refractivity contribution >= 4 is 38.2 Å². The minimum Gasteiger partial charge on any atom is -0.496 e. The van der Waals surface area contributed by atoms with E-state index in [9.17, 15) is 29.4 Å². The molecular formula is C13H13N3O7S. The zero-order valence-electron chi connectivity index (χ0n) is 12.2. The second-order valence-electron chi connectivity index (χ2n) is 4.75. The van der Waals surface area contributed by atoms with Crippen molar-refractivity contribution in [3.63, 3.8) is 0 Å². The van der Waals surface area contributed by atoms with Crippen molar-refractivity contribution in [1.29, 1.82) is 5.41 Å². The van der Waals surface area contributed by atoms with Gasteiger partial charge >= 0.3 is 11.9 Å². The summed E-state index contributed by atoms with van der Waals surface area (Å²) in [6.07, 6.45) is 0. The van der Waals surface area contributed by atoms with Gasteiger partial charge < -0.3 is 31.8 Å². The predicted octanol–water partition coefficient (Wildman–Crippen LogP) is 0.549. The number of nitrogens with two attached hydrogens (primary N) is 2. The van der Waals surface area contributed by atoms with Gasteiger partial charge in [0, 0.05) is 4.90 Å². The summed E-state index contributed by atoms with van der Waals surface area (Å²) < 4.78 is 5.03. The molecule has 1 aliphatic rings. The highest BCUT2D eigenvalue weighted by molar-refractivity contribution is 8.57. The van der Waals surface area contributed by atoms with Crippen LogP contribution in [-0.4, -0.2) is 50.7 Å². The number of amides is 2. The Morgan fingerprint density at radius 3 is 2.08 bits per heavy atom. The maximum atomic E-state index is 12.1. The van der Waals surface area contributed by atoms with E-state index in [0.29, 0.717) is 0 Å². The maximum absolute atomic E-state index is 12.1. The third-order valence-electron chi connectivity index (χ3n) is 3.64. The second kappa shape index (κ2) is 5.53. The number of methoxy groups -OCH3 is 1. The van der Waals surface area contributed by atoms with E-state index in [-0.39, 0.29) is 11.3 Å². The number of carboxylic acid groups (broad SMARTS) is 2. The molecular weight excluding hydrogens is 342 g/mol. The van der Waals surface area contributed by atoms with Crippen LogP contribution in [0.15, 0.2) is 17.0 Å². The minimum absolute atomic E-state index is 0.0527. The van der Waals surface area contributed by atoms with Crippen molar-refractivity contribution in [1.82, 2.24) is 0 Å². The number of carboxylic acids is 2. The number of carbonyl (C=O) groups is 4. The summed E-state index contributed by atoms with van der Waals surface area (Å²) in [7, 11) is -2.65. The van der Waals surface area contributed by atoms with Crippen molar-refractivity contribution in [3.8, 4) is 5.75 Å². The van der Waals surface area contributed by atoms with E-state index in [1.165, 1.54) is 13.2 Å². The number of carbonyl (C=O) groups excluding carboxylic acids is 2. The van der Waals surface area contributed by atoms with Gasteiger partial charge in [-0.05, 0) is 22.2 Å². The van der Waals surface area contributed by atoms with Gasteiger partial charge in [-0.1, -0.05) is 0 Å². The van der Waals surface area contributed by atoms with Gasteiger partial charge in [0.05, 0.1) is 23.9 Å². The third kappa shape index (κ3) is 1.94. The molecule has 24 heavy (non-hydrogen) atoms. The topological polar surface area (TPSA) is 194 Å². The van der Waals surface area contributed by atoms with E-state index >= 15 is 0 Å². The largest absolute Gasteiger partial charge is 0.496 e. The third-order valence-corrected chi connectivity index (χ3v) is 7.12. The summed E-state index contributed by atoms with van der Waals surface area (Å²) in [4.78, 5) is 47.0. The fraction of sp³-hybridized carbons (Fsp3) is 0.154. The van der Waals surface area contributed by atoms with Gasteiger partial charge in [0.1, 0.15) is 11.0 Å². The molecule has 0 spiro atoms.